The Morgan fingerprint density at radius 2 is 2.21 bits per heavy atom. The fourth-order valence-corrected chi connectivity index (χ4v) is 1.72. The first-order chi connectivity index (χ1) is 9.06. The fourth-order valence-electron chi connectivity index (χ4n) is 1.72. The SMILES string of the molecule is Cc1ccc(N=CN2CCNC2=N[N+](=O)[O-])cc1C. The average molecular weight is 261 g/mol. The number of guanidine groups is 1. The largest absolute Gasteiger partial charge is 0.349 e. The number of hydrogen-bond acceptors (Lipinski definition) is 3. The Morgan fingerprint density at radius 3 is 2.89 bits per heavy atom. The van der Waals surface area contributed by atoms with Gasteiger partial charge in [-0.3, -0.25) is 4.90 Å². The number of nitrogens with zero attached hydrogens (tertiary/aromatic N) is 4. The van der Waals surface area contributed by atoms with E-state index in [1.54, 1.807) is 11.2 Å². The Balaban J connectivity index is 2.13. The molecule has 0 spiro atoms. The predicted octanol–water partition coefficient (Wildman–Crippen LogP) is 1.42. The molecule has 0 saturated carbocycles. The van der Waals surface area contributed by atoms with Crippen molar-refractivity contribution < 1.29 is 5.03 Å². The summed E-state index contributed by atoms with van der Waals surface area (Å²) in [7, 11) is 0. The van der Waals surface area contributed by atoms with Crippen LogP contribution < -0.4 is 5.32 Å². The maximum absolute atomic E-state index is 10.4. The van der Waals surface area contributed by atoms with E-state index in [1.807, 2.05) is 32.0 Å². The predicted molar refractivity (Wildman–Crippen MR) is 73.2 cm³/mol. The highest BCUT2D eigenvalue weighted by atomic mass is 16.7. The van der Waals surface area contributed by atoms with Crippen LogP contribution in [0.5, 0.6) is 0 Å². The monoisotopic (exact) mass is 261 g/mol. The number of aryl methyl sites for hydroxylation is 2. The standard InChI is InChI=1S/C12H15N5O2/c1-9-3-4-11(7-10(9)2)14-8-16-6-5-13-12(16)15-17(18)19/h3-4,7-8H,5-6H2,1-2H3,(H,13,15). The van der Waals surface area contributed by atoms with E-state index in [1.165, 1.54) is 5.56 Å². The minimum absolute atomic E-state index is 0.220. The summed E-state index contributed by atoms with van der Waals surface area (Å²) in [6, 6.07) is 5.88. The number of hydrogen-bond donors (Lipinski definition) is 1. The third kappa shape index (κ3) is 3.27. The lowest BCUT2D eigenvalue weighted by Gasteiger charge is -2.08. The van der Waals surface area contributed by atoms with E-state index in [9.17, 15) is 10.1 Å². The van der Waals surface area contributed by atoms with Crippen LogP contribution in [0.2, 0.25) is 0 Å². The summed E-state index contributed by atoms with van der Waals surface area (Å²) < 4.78 is 0. The highest BCUT2D eigenvalue weighted by molar-refractivity contribution is 5.92. The van der Waals surface area contributed by atoms with E-state index in [2.05, 4.69) is 15.4 Å². The number of nitrogens with one attached hydrogen (secondary N) is 1. The summed E-state index contributed by atoms with van der Waals surface area (Å²) in [5.74, 6) is 0.220. The van der Waals surface area contributed by atoms with Gasteiger partial charge in [0.05, 0.1) is 12.0 Å². The fraction of sp³-hybridized carbons (Fsp3) is 0.333. The molecule has 0 unspecified atom stereocenters. The zero-order valence-electron chi connectivity index (χ0n) is 10.8. The third-order valence-corrected chi connectivity index (χ3v) is 2.92. The van der Waals surface area contributed by atoms with Crippen molar-refractivity contribution in [2.24, 2.45) is 10.1 Å². The first-order valence-electron chi connectivity index (χ1n) is 5.91. The Hall–Kier alpha value is -2.44. The quantitative estimate of drug-likeness (QED) is 0.386. The minimum Gasteiger partial charge on any atom is -0.349 e. The van der Waals surface area contributed by atoms with Crippen LogP contribution in [-0.4, -0.2) is 35.3 Å². The number of hydrazone groups is 1. The van der Waals surface area contributed by atoms with E-state index in [0.29, 0.717) is 13.1 Å². The molecule has 0 bridgehead atoms. The Labute approximate surface area is 110 Å². The van der Waals surface area contributed by atoms with Crippen LogP contribution in [0, 0.1) is 24.0 Å². The van der Waals surface area contributed by atoms with Crippen LogP contribution in [0.25, 0.3) is 0 Å². The molecule has 0 aromatic heterocycles. The van der Waals surface area contributed by atoms with Crippen molar-refractivity contribution in [3.05, 3.63) is 39.4 Å². The molecule has 1 aromatic rings. The Bertz CT molecular complexity index is 553. The molecular formula is C12H15N5O2. The first-order valence-corrected chi connectivity index (χ1v) is 5.91. The van der Waals surface area contributed by atoms with E-state index in [-0.39, 0.29) is 5.96 Å². The average Bonchev–Trinajstić information content (AvgIpc) is 2.77. The molecule has 100 valence electrons. The molecule has 0 radical (unpaired) electrons. The van der Waals surface area contributed by atoms with Crippen molar-refractivity contribution in [3.8, 4) is 0 Å². The summed E-state index contributed by atoms with van der Waals surface area (Å²) in [6.07, 6.45) is 1.56. The molecule has 0 atom stereocenters. The summed E-state index contributed by atoms with van der Waals surface area (Å²) in [4.78, 5) is 16.3. The highest BCUT2D eigenvalue weighted by Crippen LogP contribution is 2.16. The molecule has 0 aliphatic carbocycles. The van der Waals surface area contributed by atoms with Gasteiger partial charge in [0.25, 0.3) is 5.96 Å². The molecule has 1 fully saturated rings. The molecular weight excluding hydrogens is 246 g/mol. The lowest BCUT2D eigenvalue weighted by molar-refractivity contribution is -0.485. The van der Waals surface area contributed by atoms with Crippen LogP contribution >= 0.6 is 0 Å². The number of nitro groups is 1. The van der Waals surface area contributed by atoms with Crippen molar-refractivity contribution in [1.82, 2.24) is 10.2 Å². The molecule has 7 heteroatoms. The summed E-state index contributed by atoms with van der Waals surface area (Å²) in [5.41, 5.74) is 3.18. The van der Waals surface area contributed by atoms with Gasteiger partial charge < -0.3 is 5.32 Å². The van der Waals surface area contributed by atoms with Gasteiger partial charge in [-0.1, -0.05) is 6.07 Å². The Kier molecular flexibility index (Phi) is 3.74. The van der Waals surface area contributed by atoms with Crippen LogP contribution in [0.3, 0.4) is 0 Å². The molecule has 2 rings (SSSR count). The van der Waals surface area contributed by atoms with Crippen LogP contribution in [-0.2, 0) is 0 Å². The number of aliphatic imine (C=N–C) groups is 1. The zero-order chi connectivity index (χ0) is 13.8. The minimum atomic E-state index is -0.718. The van der Waals surface area contributed by atoms with Gasteiger partial charge in [0, 0.05) is 13.1 Å². The molecule has 1 aliphatic rings. The zero-order valence-corrected chi connectivity index (χ0v) is 10.8. The van der Waals surface area contributed by atoms with E-state index < -0.39 is 5.03 Å². The molecule has 1 heterocycles. The molecule has 0 amide bonds. The van der Waals surface area contributed by atoms with Gasteiger partial charge in [-0.2, -0.15) is 0 Å². The molecule has 1 N–H and O–H groups in total. The second kappa shape index (κ2) is 5.47. The molecule has 1 aromatic carbocycles. The summed E-state index contributed by atoms with van der Waals surface area (Å²) >= 11 is 0. The highest BCUT2D eigenvalue weighted by Gasteiger charge is 2.19. The third-order valence-electron chi connectivity index (χ3n) is 2.92. The molecule has 7 nitrogen and oxygen atoms in total. The Morgan fingerprint density at radius 1 is 1.42 bits per heavy atom. The van der Waals surface area contributed by atoms with Gasteiger partial charge in [0.1, 0.15) is 5.10 Å². The van der Waals surface area contributed by atoms with Gasteiger partial charge in [-0.25, -0.2) is 15.1 Å². The van der Waals surface area contributed by atoms with Crippen molar-refractivity contribution in [2.75, 3.05) is 13.1 Å². The van der Waals surface area contributed by atoms with E-state index in [0.717, 1.165) is 11.3 Å². The maximum Gasteiger partial charge on any atom is 0.276 e. The van der Waals surface area contributed by atoms with Gasteiger partial charge in [-0.05, 0) is 37.1 Å². The lowest BCUT2D eigenvalue weighted by Crippen LogP contribution is -2.29. The van der Waals surface area contributed by atoms with Crippen molar-refractivity contribution >= 4 is 18.0 Å². The molecule has 19 heavy (non-hydrogen) atoms. The summed E-state index contributed by atoms with van der Waals surface area (Å²) in [5, 5.41) is 15.7. The summed E-state index contributed by atoms with van der Waals surface area (Å²) in [6.45, 7) is 5.28. The van der Waals surface area contributed by atoms with Crippen LogP contribution in [0.15, 0.2) is 28.3 Å². The normalized spacial score (nSPS) is 17.2. The smallest absolute Gasteiger partial charge is 0.276 e. The first kappa shape index (κ1) is 13.0. The van der Waals surface area contributed by atoms with Crippen molar-refractivity contribution in [1.29, 1.82) is 0 Å². The lowest BCUT2D eigenvalue weighted by atomic mass is 10.1. The van der Waals surface area contributed by atoms with Crippen molar-refractivity contribution in [2.45, 2.75) is 13.8 Å². The molecule has 1 aliphatic heterocycles. The second-order valence-electron chi connectivity index (χ2n) is 4.29. The van der Waals surface area contributed by atoms with E-state index >= 15 is 0 Å². The number of benzene rings is 1. The number of rotatable bonds is 3. The maximum atomic E-state index is 10.4. The van der Waals surface area contributed by atoms with Gasteiger partial charge in [0.15, 0.2) is 5.03 Å². The second-order valence-corrected chi connectivity index (χ2v) is 4.29. The molecule has 1 saturated heterocycles. The van der Waals surface area contributed by atoms with Gasteiger partial charge in [-0.15, -0.1) is 0 Å². The van der Waals surface area contributed by atoms with E-state index in [4.69, 9.17) is 0 Å². The van der Waals surface area contributed by atoms with Crippen LogP contribution in [0.1, 0.15) is 11.1 Å². The van der Waals surface area contributed by atoms with Crippen LogP contribution in [0.4, 0.5) is 5.69 Å². The van der Waals surface area contributed by atoms with Crippen molar-refractivity contribution in [3.63, 3.8) is 0 Å². The van der Waals surface area contributed by atoms with Gasteiger partial charge in [0.2, 0.25) is 0 Å². The topological polar surface area (TPSA) is 83.1 Å². The van der Waals surface area contributed by atoms with Gasteiger partial charge >= 0.3 is 0 Å².